The van der Waals surface area contributed by atoms with Gasteiger partial charge in [-0.25, -0.2) is 9.78 Å². The van der Waals surface area contributed by atoms with Gasteiger partial charge < -0.3 is 14.6 Å². The fourth-order valence-corrected chi connectivity index (χ4v) is 2.96. The van der Waals surface area contributed by atoms with Gasteiger partial charge in [-0.15, -0.1) is 0 Å². The number of hydrogen-bond donors (Lipinski definition) is 1. The molecule has 0 aliphatic carbocycles. The maximum absolute atomic E-state index is 11.6. The van der Waals surface area contributed by atoms with Crippen LogP contribution in [0.1, 0.15) is 31.1 Å². The van der Waals surface area contributed by atoms with Crippen molar-refractivity contribution in [2.75, 3.05) is 4.90 Å². The van der Waals surface area contributed by atoms with Crippen molar-refractivity contribution in [3.05, 3.63) is 48.0 Å². The minimum absolute atomic E-state index is 0.309. The van der Waals surface area contributed by atoms with Gasteiger partial charge in [-0.1, -0.05) is 18.2 Å². The molecule has 5 nitrogen and oxygen atoms in total. The Morgan fingerprint density at radius 3 is 2.90 bits per heavy atom. The summed E-state index contributed by atoms with van der Waals surface area (Å²) in [7, 11) is 0. The van der Waals surface area contributed by atoms with Gasteiger partial charge in [0, 0.05) is 24.3 Å². The average Bonchev–Trinajstić information content (AvgIpc) is 3.04. The van der Waals surface area contributed by atoms with Crippen LogP contribution in [-0.4, -0.2) is 26.7 Å². The molecule has 1 N–H and O–H groups in total. The number of carboxylic acid groups (broad SMARTS) is 1. The summed E-state index contributed by atoms with van der Waals surface area (Å²) in [5.41, 5.74) is 3.15. The summed E-state index contributed by atoms with van der Waals surface area (Å²) in [6, 6.07) is 7.72. The van der Waals surface area contributed by atoms with Crippen LogP contribution in [0.4, 0.5) is 5.69 Å². The minimum Gasteiger partial charge on any atom is -0.480 e. The first-order valence-corrected chi connectivity index (χ1v) is 7.16. The Morgan fingerprint density at radius 1 is 1.43 bits per heavy atom. The molecule has 21 heavy (non-hydrogen) atoms. The van der Waals surface area contributed by atoms with Crippen molar-refractivity contribution >= 4 is 11.7 Å². The summed E-state index contributed by atoms with van der Waals surface area (Å²) in [6.07, 6.45) is 4.18. The van der Waals surface area contributed by atoms with Gasteiger partial charge in [-0.3, -0.25) is 0 Å². The summed E-state index contributed by atoms with van der Waals surface area (Å²) < 4.78 is 2.08. The van der Waals surface area contributed by atoms with E-state index in [-0.39, 0.29) is 0 Å². The lowest BCUT2D eigenvalue weighted by molar-refractivity contribution is -0.138. The molecule has 0 fully saturated rings. The number of benzene rings is 1. The van der Waals surface area contributed by atoms with Crippen molar-refractivity contribution in [1.29, 1.82) is 0 Å². The van der Waals surface area contributed by atoms with Crippen LogP contribution in [-0.2, 0) is 17.8 Å². The fourth-order valence-electron chi connectivity index (χ4n) is 2.96. The molecule has 0 saturated heterocycles. The Bertz CT molecular complexity index is 663. The highest BCUT2D eigenvalue weighted by Crippen LogP contribution is 2.33. The molecule has 1 aliphatic heterocycles. The predicted molar refractivity (Wildman–Crippen MR) is 80.4 cm³/mol. The normalized spacial score (nSPS) is 17.3. The van der Waals surface area contributed by atoms with E-state index in [0.29, 0.717) is 19.0 Å². The van der Waals surface area contributed by atoms with Gasteiger partial charge in [0.25, 0.3) is 0 Å². The molecule has 0 amide bonds. The number of hydrogen-bond acceptors (Lipinski definition) is 3. The Labute approximate surface area is 123 Å². The van der Waals surface area contributed by atoms with Crippen LogP contribution < -0.4 is 4.90 Å². The number of aromatic nitrogens is 2. The minimum atomic E-state index is -0.776. The average molecular weight is 285 g/mol. The molecule has 1 atom stereocenters. The largest absolute Gasteiger partial charge is 0.480 e. The van der Waals surface area contributed by atoms with Gasteiger partial charge in [-0.05, 0) is 25.5 Å². The fraction of sp³-hybridized carbons (Fsp3) is 0.375. The van der Waals surface area contributed by atoms with Crippen LogP contribution in [0.5, 0.6) is 0 Å². The van der Waals surface area contributed by atoms with Gasteiger partial charge >= 0.3 is 5.97 Å². The zero-order valence-corrected chi connectivity index (χ0v) is 12.2. The quantitative estimate of drug-likeness (QED) is 0.937. The molecule has 2 heterocycles. The van der Waals surface area contributed by atoms with E-state index in [1.165, 1.54) is 0 Å². The van der Waals surface area contributed by atoms with Gasteiger partial charge in [-0.2, -0.15) is 0 Å². The van der Waals surface area contributed by atoms with Crippen LogP contribution in [0.3, 0.4) is 0 Å². The summed E-state index contributed by atoms with van der Waals surface area (Å²) in [4.78, 5) is 17.7. The van der Waals surface area contributed by atoms with Crippen molar-refractivity contribution in [3.8, 4) is 0 Å². The zero-order chi connectivity index (χ0) is 15.0. The number of fused-ring (bicyclic) bond motifs is 1. The van der Waals surface area contributed by atoms with Crippen LogP contribution in [0.15, 0.2) is 36.8 Å². The van der Waals surface area contributed by atoms with E-state index in [2.05, 4.69) is 23.4 Å². The van der Waals surface area contributed by atoms with Gasteiger partial charge in [0.15, 0.2) is 0 Å². The highest BCUT2D eigenvalue weighted by molar-refractivity contribution is 5.82. The van der Waals surface area contributed by atoms with Gasteiger partial charge in [0.1, 0.15) is 6.04 Å². The van der Waals surface area contributed by atoms with E-state index in [0.717, 1.165) is 16.9 Å². The lowest BCUT2D eigenvalue weighted by atomic mass is 10.1. The third kappa shape index (κ3) is 2.39. The molecule has 0 bridgehead atoms. The molecule has 5 heteroatoms. The number of aliphatic carboxylic acids is 1. The Hall–Kier alpha value is -2.30. The molecule has 0 saturated carbocycles. The number of nitrogens with zero attached hydrogens (tertiary/aromatic N) is 3. The predicted octanol–water partition coefficient (Wildman–Crippen LogP) is 2.48. The van der Waals surface area contributed by atoms with Crippen molar-refractivity contribution in [1.82, 2.24) is 9.55 Å². The van der Waals surface area contributed by atoms with Crippen molar-refractivity contribution in [2.45, 2.75) is 38.9 Å². The van der Waals surface area contributed by atoms with Crippen LogP contribution in [0.25, 0.3) is 0 Å². The third-order valence-electron chi connectivity index (χ3n) is 4.01. The molecule has 1 unspecified atom stereocenters. The topological polar surface area (TPSA) is 58.4 Å². The maximum Gasteiger partial charge on any atom is 0.326 e. The van der Waals surface area contributed by atoms with Crippen LogP contribution in [0, 0.1) is 0 Å². The molecule has 1 aromatic heterocycles. The van der Waals surface area contributed by atoms with E-state index < -0.39 is 12.0 Å². The summed E-state index contributed by atoms with van der Waals surface area (Å²) in [5.74, 6) is -0.776. The second-order valence-corrected chi connectivity index (χ2v) is 5.70. The molecule has 2 aromatic rings. The Balaban J connectivity index is 1.95. The number of anilines is 1. The van der Waals surface area contributed by atoms with E-state index in [1.54, 1.807) is 6.33 Å². The van der Waals surface area contributed by atoms with Crippen molar-refractivity contribution < 1.29 is 9.90 Å². The molecule has 3 rings (SSSR count). The van der Waals surface area contributed by atoms with Crippen molar-refractivity contribution in [3.63, 3.8) is 0 Å². The first-order chi connectivity index (χ1) is 10.1. The molecule has 1 aliphatic rings. The first kappa shape index (κ1) is 13.7. The standard InChI is InChI=1S/C16H19N3O2/c1-11(2)19-10-17-8-13(19)9-18-14-6-4-3-5-12(14)7-15(18)16(20)21/h3-6,8,10-11,15H,7,9H2,1-2H3,(H,20,21). The van der Waals surface area contributed by atoms with E-state index >= 15 is 0 Å². The third-order valence-corrected chi connectivity index (χ3v) is 4.01. The SMILES string of the molecule is CC(C)n1cncc1CN1c2ccccc2CC1C(=O)O. The Kier molecular flexibility index (Phi) is 3.41. The van der Waals surface area contributed by atoms with Crippen LogP contribution >= 0.6 is 0 Å². The zero-order valence-electron chi connectivity index (χ0n) is 12.2. The first-order valence-electron chi connectivity index (χ1n) is 7.16. The lowest BCUT2D eigenvalue weighted by Crippen LogP contribution is -2.38. The number of imidazole rings is 1. The highest BCUT2D eigenvalue weighted by atomic mass is 16.4. The smallest absolute Gasteiger partial charge is 0.326 e. The summed E-state index contributed by atoms with van der Waals surface area (Å²) in [6.45, 7) is 4.75. The van der Waals surface area contributed by atoms with Gasteiger partial charge in [0.05, 0.1) is 18.6 Å². The van der Waals surface area contributed by atoms with E-state index in [9.17, 15) is 9.90 Å². The van der Waals surface area contributed by atoms with Crippen LogP contribution in [0.2, 0.25) is 0 Å². The van der Waals surface area contributed by atoms with Gasteiger partial charge in [0.2, 0.25) is 0 Å². The second-order valence-electron chi connectivity index (χ2n) is 5.70. The van der Waals surface area contributed by atoms with E-state index in [1.807, 2.05) is 35.4 Å². The number of para-hydroxylation sites is 1. The molecule has 0 radical (unpaired) electrons. The molecule has 0 spiro atoms. The van der Waals surface area contributed by atoms with Crippen molar-refractivity contribution in [2.24, 2.45) is 0 Å². The second kappa shape index (κ2) is 5.24. The number of carboxylic acids is 1. The molecule has 1 aromatic carbocycles. The summed E-state index contributed by atoms with van der Waals surface area (Å²) >= 11 is 0. The maximum atomic E-state index is 11.6. The lowest BCUT2D eigenvalue weighted by Gasteiger charge is -2.25. The highest BCUT2D eigenvalue weighted by Gasteiger charge is 2.34. The summed E-state index contributed by atoms with van der Waals surface area (Å²) in [5, 5.41) is 9.50. The molecular weight excluding hydrogens is 266 g/mol. The Morgan fingerprint density at radius 2 is 2.19 bits per heavy atom. The number of rotatable bonds is 4. The molecule has 110 valence electrons. The van der Waals surface area contributed by atoms with E-state index in [4.69, 9.17) is 0 Å². The number of carbonyl (C=O) groups is 1. The monoisotopic (exact) mass is 285 g/mol. The molecular formula is C16H19N3O2.